The Kier molecular flexibility index (Phi) is 13.4. The first-order valence-corrected chi connectivity index (χ1v) is 18.4. The Bertz CT molecular complexity index is 665. The van der Waals surface area contributed by atoms with Gasteiger partial charge in [-0.25, -0.2) is 0 Å². The Balaban J connectivity index is 1.94. The standard InChI is InChI=1S/C33H62S4/c1-25-21-32(3)22-28(26-10-8-6-5-7-9-15-31(2,16-13-26)17-19-35)20-27(14-18-34)30(25)12-11-29(23-36)33(4,37)24-32/h25-30,34-37H,5-24H2,1-4H3/t25-,26?,27?,28?,29?,30?,31?,32-,33+/m1/s1. The molecule has 0 aliphatic heterocycles. The van der Waals surface area contributed by atoms with Crippen molar-refractivity contribution in [3.8, 4) is 0 Å². The zero-order chi connectivity index (χ0) is 27.1. The first kappa shape index (κ1) is 32.9. The van der Waals surface area contributed by atoms with E-state index in [-0.39, 0.29) is 4.75 Å². The zero-order valence-electron chi connectivity index (χ0n) is 24.9. The minimum Gasteiger partial charge on any atom is -0.179 e. The van der Waals surface area contributed by atoms with Crippen LogP contribution < -0.4 is 0 Å². The number of thiol groups is 4. The van der Waals surface area contributed by atoms with Crippen molar-refractivity contribution in [3.05, 3.63) is 0 Å². The van der Waals surface area contributed by atoms with Gasteiger partial charge in [-0.2, -0.15) is 50.5 Å². The predicted octanol–water partition coefficient (Wildman–Crippen LogP) is 10.9. The molecule has 6 unspecified atom stereocenters. The molecule has 4 heteroatoms. The van der Waals surface area contributed by atoms with Crippen LogP contribution in [-0.2, 0) is 0 Å². The van der Waals surface area contributed by atoms with Crippen molar-refractivity contribution in [2.75, 3.05) is 17.3 Å². The number of fused-ring (bicyclic) bond motifs is 3. The van der Waals surface area contributed by atoms with Crippen molar-refractivity contribution < 1.29 is 0 Å². The third-order valence-corrected chi connectivity index (χ3v) is 13.0. The number of hydrogen-bond donors (Lipinski definition) is 4. The smallest absolute Gasteiger partial charge is 0.0142 e. The summed E-state index contributed by atoms with van der Waals surface area (Å²) < 4.78 is 0.0818. The van der Waals surface area contributed by atoms with Gasteiger partial charge in [0.2, 0.25) is 0 Å². The van der Waals surface area contributed by atoms with Crippen molar-refractivity contribution in [1.29, 1.82) is 0 Å². The Hall–Kier alpha value is 1.40. The highest BCUT2D eigenvalue weighted by Gasteiger charge is 2.46. The SMILES string of the molecule is C[C@@H]1C[C@]2(C)CC(C3CCCCCCCC(C)(CCS)CC3)CC(CCS)C1CCC(CS)[C@@](C)(S)C2. The van der Waals surface area contributed by atoms with E-state index in [1.54, 1.807) is 0 Å². The summed E-state index contributed by atoms with van der Waals surface area (Å²) >= 11 is 19.8. The lowest BCUT2D eigenvalue weighted by Crippen LogP contribution is -2.40. The maximum atomic E-state index is 5.41. The largest absolute Gasteiger partial charge is 0.179 e. The maximum absolute atomic E-state index is 5.41. The molecule has 9 atom stereocenters. The van der Waals surface area contributed by atoms with Gasteiger partial charge in [-0.15, -0.1) is 0 Å². The van der Waals surface area contributed by atoms with Gasteiger partial charge in [0.05, 0.1) is 0 Å². The van der Waals surface area contributed by atoms with Gasteiger partial charge in [-0.3, -0.25) is 0 Å². The molecule has 0 saturated heterocycles. The third kappa shape index (κ3) is 9.46. The highest BCUT2D eigenvalue weighted by atomic mass is 32.1. The van der Waals surface area contributed by atoms with Crippen LogP contribution in [0.5, 0.6) is 0 Å². The van der Waals surface area contributed by atoms with Crippen molar-refractivity contribution in [2.45, 2.75) is 142 Å². The van der Waals surface area contributed by atoms with Crippen molar-refractivity contribution in [2.24, 2.45) is 46.3 Å². The molecule has 0 nitrogen and oxygen atoms in total. The summed E-state index contributed by atoms with van der Waals surface area (Å²) in [5.74, 6) is 7.92. The molecule has 3 aliphatic carbocycles. The zero-order valence-corrected chi connectivity index (χ0v) is 28.5. The van der Waals surface area contributed by atoms with Crippen LogP contribution in [0.2, 0.25) is 0 Å². The molecule has 3 rings (SSSR count). The van der Waals surface area contributed by atoms with E-state index in [1.807, 2.05) is 0 Å². The quantitative estimate of drug-likeness (QED) is 0.219. The summed E-state index contributed by atoms with van der Waals surface area (Å²) in [7, 11) is 0. The molecule has 0 aromatic rings. The van der Waals surface area contributed by atoms with E-state index >= 15 is 0 Å². The lowest BCUT2D eigenvalue weighted by atomic mass is 9.59. The summed E-state index contributed by atoms with van der Waals surface area (Å²) in [6.45, 7) is 10.3. The van der Waals surface area contributed by atoms with Crippen LogP contribution in [0, 0.1) is 46.3 Å². The second-order valence-corrected chi connectivity index (χ2v) is 17.3. The van der Waals surface area contributed by atoms with E-state index < -0.39 is 0 Å². The van der Waals surface area contributed by atoms with Gasteiger partial charge in [0.1, 0.15) is 0 Å². The molecule has 0 aromatic carbocycles. The average Bonchev–Trinajstić information content (AvgIpc) is 2.83. The molecule has 37 heavy (non-hydrogen) atoms. The van der Waals surface area contributed by atoms with Crippen LogP contribution in [0.4, 0.5) is 0 Å². The van der Waals surface area contributed by atoms with Crippen molar-refractivity contribution >= 4 is 50.5 Å². The van der Waals surface area contributed by atoms with E-state index in [0.717, 1.165) is 46.8 Å². The molecule has 3 aliphatic rings. The number of hydrogen-bond acceptors (Lipinski definition) is 4. The van der Waals surface area contributed by atoms with Gasteiger partial charge >= 0.3 is 0 Å². The summed E-state index contributed by atoms with van der Waals surface area (Å²) in [5, 5.41) is 0. The predicted molar refractivity (Wildman–Crippen MR) is 180 cm³/mol. The lowest BCUT2D eigenvalue weighted by Gasteiger charge is -2.48. The molecular weight excluding hydrogens is 525 g/mol. The Morgan fingerprint density at radius 1 is 0.757 bits per heavy atom. The van der Waals surface area contributed by atoms with E-state index in [2.05, 4.69) is 27.7 Å². The highest BCUT2D eigenvalue weighted by Crippen LogP contribution is 2.55. The molecule has 0 N–H and O–H groups in total. The maximum Gasteiger partial charge on any atom is 0.0142 e. The Morgan fingerprint density at radius 2 is 1.49 bits per heavy atom. The normalized spacial score (nSPS) is 45.1. The molecule has 3 fully saturated rings. The third-order valence-electron chi connectivity index (χ3n) is 11.6. The van der Waals surface area contributed by atoms with E-state index in [0.29, 0.717) is 16.7 Å². The van der Waals surface area contributed by atoms with Crippen LogP contribution in [0.15, 0.2) is 0 Å². The Morgan fingerprint density at radius 3 is 2.19 bits per heavy atom. The van der Waals surface area contributed by atoms with Crippen LogP contribution in [0.1, 0.15) is 137 Å². The fourth-order valence-corrected chi connectivity index (χ4v) is 11.8. The topological polar surface area (TPSA) is 0 Å². The van der Waals surface area contributed by atoms with Gasteiger partial charge in [0.25, 0.3) is 0 Å². The minimum atomic E-state index is 0.0818. The monoisotopic (exact) mass is 586 g/mol. The lowest BCUT2D eigenvalue weighted by molar-refractivity contribution is 0.0420. The van der Waals surface area contributed by atoms with Gasteiger partial charge in [0, 0.05) is 4.75 Å². The van der Waals surface area contributed by atoms with E-state index in [1.165, 1.54) is 109 Å². The molecule has 0 spiro atoms. The second-order valence-electron chi connectivity index (χ2n) is 15.0. The fraction of sp³-hybridized carbons (Fsp3) is 1.00. The number of rotatable bonds is 6. The molecular formula is C33H62S4. The molecule has 0 radical (unpaired) electrons. The fourth-order valence-electron chi connectivity index (χ4n) is 9.56. The summed E-state index contributed by atoms with van der Waals surface area (Å²) in [5.41, 5.74) is 0.875. The van der Waals surface area contributed by atoms with Crippen molar-refractivity contribution in [1.82, 2.24) is 0 Å². The minimum absolute atomic E-state index is 0.0818. The van der Waals surface area contributed by atoms with Gasteiger partial charge in [0.15, 0.2) is 0 Å². The van der Waals surface area contributed by atoms with Gasteiger partial charge in [-0.1, -0.05) is 66.2 Å². The van der Waals surface area contributed by atoms with Crippen LogP contribution in [0.3, 0.4) is 0 Å². The van der Waals surface area contributed by atoms with Crippen LogP contribution >= 0.6 is 50.5 Å². The second kappa shape index (κ2) is 15.0. The average molecular weight is 587 g/mol. The van der Waals surface area contributed by atoms with Crippen molar-refractivity contribution in [3.63, 3.8) is 0 Å². The molecule has 0 aromatic heterocycles. The van der Waals surface area contributed by atoms with Crippen LogP contribution in [0.25, 0.3) is 0 Å². The molecule has 3 saturated carbocycles. The molecule has 218 valence electrons. The first-order chi connectivity index (χ1) is 17.5. The summed E-state index contributed by atoms with van der Waals surface area (Å²) in [4.78, 5) is 0. The van der Waals surface area contributed by atoms with E-state index in [9.17, 15) is 0 Å². The van der Waals surface area contributed by atoms with Crippen LogP contribution in [-0.4, -0.2) is 22.0 Å². The van der Waals surface area contributed by atoms with E-state index in [4.69, 9.17) is 50.5 Å². The van der Waals surface area contributed by atoms with Gasteiger partial charge in [-0.05, 0) is 134 Å². The Labute approximate surface area is 254 Å². The summed E-state index contributed by atoms with van der Waals surface area (Å²) in [6.07, 6.45) is 23.7. The van der Waals surface area contributed by atoms with Gasteiger partial charge < -0.3 is 0 Å². The first-order valence-electron chi connectivity index (χ1n) is 16.1. The molecule has 0 heterocycles. The molecule has 2 bridgehead atoms. The molecule has 0 amide bonds. The summed E-state index contributed by atoms with van der Waals surface area (Å²) in [6, 6.07) is 0. The highest BCUT2D eigenvalue weighted by molar-refractivity contribution is 7.82.